The maximum absolute atomic E-state index is 12.2. The number of non-ortho nitro benzene ring substituents is 1. The number of nitrogens with zero attached hydrogens (tertiary/aromatic N) is 4. The van der Waals surface area contributed by atoms with E-state index in [2.05, 4.69) is 10.1 Å². The van der Waals surface area contributed by atoms with Crippen LogP contribution in [0.2, 0.25) is 0 Å². The molecule has 0 aliphatic carbocycles. The van der Waals surface area contributed by atoms with Crippen LogP contribution in [0, 0.1) is 10.1 Å². The van der Waals surface area contributed by atoms with Crippen LogP contribution in [-0.4, -0.2) is 20.8 Å². The Morgan fingerprint density at radius 1 is 1.18 bits per heavy atom. The third-order valence-corrected chi connectivity index (χ3v) is 3.06. The Hall–Kier alpha value is -3.35. The van der Waals surface area contributed by atoms with E-state index in [0.29, 0.717) is 16.5 Å². The van der Waals surface area contributed by atoms with Crippen molar-refractivity contribution >= 4 is 22.8 Å². The van der Waals surface area contributed by atoms with E-state index in [9.17, 15) is 14.9 Å². The number of nitro groups is 1. The van der Waals surface area contributed by atoms with Gasteiger partial charge in [-0.05, 0) is 12.1 Å². The van der Waals surface area contributed by atoms with E-state index in [-0.39, 0.29) is 11.2 Å². The van der Waals surface area contributed by atoms with Crippen LogP contribution in [0.4, 0.5) is 5.69 Å². The summed E-state index contributed by atoms with van der Waals surface area (Å²) in [5.41, 5.74) is 0.781. The first-order valence-electron chi connectivity index (χ1n) is 6.40. The second-order valence-corrected chi connectivity index (χ2v) is 4.51. The highest BCUT2D eigenvalue weighted by molar-refractivity contribution is 5.81. The number of fused-ring (bicyclic) bond motifs is 1. The number of aromatic nitrogens is 2. The molecule has 0 bridgehead atoms. The molecule has 0 aliphatic heterocycles. The van der Waals surface area contributed by atoms with Gasteiger partial charge >= 0.3 is 0 Å². The lowest BCUT2D eigenvalue weighted by Crippen LogP contribution is -2.16. The minimum atomic E-state index is -0.485. The minimum absolute atomic E-state index is 0.0343. The van der Waals surface area contributed by atoms with Crippen molar-refractivity contribution < 1.29 is 4.92 Å². The van der Waals surface area contributed by atoms with Gasteiger partial charge in [-0.1, -0.05) is 24.3 Å². The molecule has 1 heterocycles. The Morgan fingerprint density at radius 3 is 2.82 bits per heavy atom. The lowest BCUT2D eigenvalue weighted by atomic mass is 10.2. The van der Waals surface area contributed by atoms with Crippen LogP contribution in [-0.2, 0) is 0 Å². The van der Waals surface area contributed by atoms with Crippen LogP contribution in [0.25, 0.3) is 10.9 Å². The fourth-order valence-corrected chi connectivity index (χ4v) is 1.99. The number of hydrogen-bond donors (Lipinski definition) is 0. The highest BCUT2D eigenvalue weighted by Crippen LogP contribution is 2.11. The molecule has 0 N–H and O–H groups in total. The van der Waals surface area contributed by atoms with Crippen molar-refractivity contribution in [1.82, 2.24) is 9.66 Å². The lowest BCUT2D eigenvalue weighted by Gasteiger charge is -2.00. The van der Waals surface area contributed by atoms with Gasteiger partial charge in [-0.25, -0.2) is 4.98 Å². The number of hydrogen-bond acceptors (Lipinski definition) is 5. The van der Waals surface area contributed by atoms with Gasteiger partial charge in [0.1, 0.15) is 6.33 Å². The summed E-state index contributed by atoms with van der Waals surface area (Å²) < 4.78 is 1.10. The SMILES string of the molecule is O=c1c2ccccc2ncn1/N=C\c1cccc([N+](=O)[O-])c1. The first-order chi connectivity index (χ1) is 10.6. The van der Waals surface area contributed by atoms with Crippen molar-refractivity contribution in [1.29, 1.82) is 0 Å². The second kappa shape index (κ2) is 5.57. The first-order valence-corrected chi connectivity index (χ1v) is 6.40. The van der Waals surface area contributed by atoms with Crippen molar-refractivity contribution in [2.75, 3.05) is 0 Å². The van der Waals surface area contributed by atoms with Gasteiger partial charge in [0.15, 0.2) is 0 Å². The molecule has 1 aromatic heterocycles. The normalized spacial score (nSPS) is 11.1. The molecule has 2 aromatic carbocycles. The molecular weight excluding hydrogens is 284 g/mol. The van der Waals surface area contributed by atoms with Gasteiger partial charge in [0.2, 0.25) is 0 Å². The Labute approximate surface area is 124 Å². The average molecular weight is 294 g/mol. The second-order valence-electron chi connectivity index (χ2n) is 4.51. The molecule has 22 heavy (non-hydrogen) atoms. The molecule has 7 heteroatoms. The molecule has 3 aromatic rings. The smallest absolute Gasteiger partial charge is 0.267 e. The Balaban J connectivity index is 1.99. The predicted molar refractivity (Wildman–Crippen MR) is 82.1 cm³/mol. The van der Waals surface area contributed by atoms with Gasteiger partial charge < -0.3 is 0 Å². The molecular formula is C15H10N4O3. The molecule has 108 valence electrons. The minimum Gasteiger partial charge on any atom is -0.267 e. The van der Waals surface area contributed by atoms with Crippen LogP contribution < -0.4 is 5.56 Å². The highest BCUT2D eigenvalue weighted by atomic mass is 16.6. The monoisotopic (exact) mass is 294 g/mol. The van der Waals surface area contributed by atoms with Crippen molar-refractivity contribution in [2.24, 2.45) is 5.10 Å². The summed E-state index contributed by atoms with van der Waals surface area (Å²) in [7, 11) is 0. The fourth-order valence-electron chi connectivity index (χ4n) is 1.99. The third-order valence-electron chi connectivity index (χ3n) is 3.06. The quantitative estimate of drug-likeness (QED) is 0.420. The Morgan fingerprint density at radius 2 is 2.00 bits per heavy atom. The zero-order valence-corrected chi connectivity index (χ0v) is 11.3. The standard InChI is InChI=1S/C15H10N4O3/c20-15-13-6-1-2-7-14(13)16-10-18(15)17-9-11-4-3-5-12(8-11)19(21)22/h1-10H/b17-9-. The van der Waals surface area contributed by atoms with E-state index < -0.39 is 4.92 Å². The predicted octanol–water partition coefficient (Wildman–Crippen LogP) is 2.19. The lowest BCUT2D eigenvalue weighted by molar-refractivity contribution is -0.384. The number of benzene rings is 2. The molecule has 0 spiro atoms. The molecule has 0 atom stereocenters. The molecule has 7 nitrogen and oxygen atoms in total. The van der Waals surface area contributed by atoms with E-state index in [4.69, 9.17) is 0 Å². The molecule has 0 amide bonds. The van der Waals surface area contributed by atoms with Crippen molar-refractivity contribution in [3.8, 4) is 0 Å². The number of para-hydroxylation sites is 1. The molecule has 0 radical (unpaired) electrons. The van der Waals surface area contributed by atoms with Crippen LogP contribution >= 0.6 is 0 Å². The van der Waals surface area contributed by atoms with Crippen LogP contribution in [0.5, 0.6) is 0 Å². The number of nitro benzene ring substituents is 1. The van der Waals surface area contributed by atoms with Crippen molar-refractivity contribution in [2.45, 2.75) is 0 Å². The van der Waals surface area contributed by atoms with Gasteiger partial charge in [-0.3, -0.25) is 14.9 Å². The zero-order valence-electron chi connectivity index (χ0n) is 11.3. The summed E-state index contributed by atoms with van der Waals surface area (Å²) in [5, 5.41) is 15.2. The summed E-state index contributed by atoms with van der Waals surface area (Å²) in [5.74, 6) is 0. The van der Waals surface area contributed by atoms with Crippen molar-refractivity contribution in [3.63, 3.8) is 0 Å². The molecule has 0 unspecified atom stereocenters. The van der Waals surface area contributed by atoms with E-state index in [0.717, 1.165) is 4.68 Å². The van der Waals surface area contributed by atoms with Crippen LogP contribution in [0.1, 0.15) is 5.56 Å². The molecule has 0 saturated carbocycles. The average Bonchev–Trinajstić information content (AvgIpc) is 2.55. The van der Waals surface area contributed by atoms with Gasteiger partial charge in [0.25, 0.3) is 11.2 Å². The van der Waals surface area contributed by atoms with Gasteiger partial charge in [-0.15, -0.1) is 0 Å². The summed E-state index contributed by atoms with van der Waals surface area (Å²) in [6, 6.07) is 12.9. The molecule has 0 saturated heterocycles. The van der Waals surface area contributed by atoms with E-state index in [1.165, 1.54) is 24.7 Å². The number of rotatable bonds is 3. The summed E-state index contributed by atoms with van der Waals surface area (Å²) in [4.78, 5) is 26.6. The summed E-state index contributed by atoms with van der Waals surface area (Å²) in [6.07, 6.45) is 2.70. The highest BCUT2D eigenvalue weighted by Gasteiger charge is 2.05. The van der Waals surface area contributed by atoms with Gasteiger partial charge in [0.05, 0.1) is 22.0 Å². The summed E-state index contributed by atoms with van der Waals surface area (Å²) in [6.45, 7) is 0. The Bertz CT molecular complexity index is 947. The molecule has 0 aliphatic rings. The van der Waals surface area contributed by atoms with E-state index in [1.807, 2.05) is 0 Å². The summed E-state index contributed by atoms with van der Waals surface area (Å²) >= 11 is 0. The van der Waals surface area contributed by atoms with Gasteiger partial charge in [-0.2, -0.15) is 9.78 Å². The fraction of sp³-hybridized carbons (Fsp3) is 0. The zero-order chi connectivity index (χ0) is 15.5. The maximum atomic E-state index is 12.2. The van der Waals surface area contributed by atoms with Crippen molar-refractivity contribution in [3.05, 3.63) is 80.9 Å². The topological polar surface area (TPSA) is 90.4 Å². The van der Waals surface area contributed by atoms with E-state index in [1.54, 1.807) is 36.4 Å². The first kappa shape index (κ1) is 13.6. The van der Waals surface area contributed by atoms with Crippen LogP contribution in [0.3, 0.4) is 0 Å². The van der Waals surface area contributed by atoms with Gasteiger partial charge in [0, 0.05) is 17.7 Å². The molecule has 3 rings (SSSR count). The van der Waals surface area contributed by atoms with Crippen LogP contribution in [0.15, 0.2) is 64.8 Å². The van der Waals surface area contributed by atoms with E-state index >= 15 is 0 Å². The molecule has 0 fully saturated rings. The maximum Gasteiger partial charge on any atom is 0.281 e. The largest absolute Gasteiger partial charge is 0.281 e. The Kier molecular flexibility index (Phi) is 3.45. The third kappa shape index (κ3) is 2.59.